The van der Waals surface area contributed by atoms with Crippen molar-refractivity contribution in [1.82, 2.24) is 5.32 Å². The zero-order valence-electron chi connectivity index (χ0n) is 9.80. The highest BCUT2D eigenvalue weighted by Crippen LogP contribution is 2.41. The molecule has 1 aliphatic rings. The maximum Gasteiger partial charge on any atom is 0.226 e. The molecule has 1 N–H and O–H groups in total. The first kappa shape index (κ1) is 11.1. The summed E-state index contributed by atoms with van der Waals surface area (Å²) >= 11 is 0. The second-order valence-corrected chi connectivity index (χ2v) is 5.36. The van der Waals surface area contributed by atoms with Crippen molar-refractivity contribution in [1.29, 1.82) is 0 Å². The van der Waals surface area contributed by atoms with E-state index in [2.05, 4.69) is 5.32 Å². The van der Waals surface area contributed by atoms with Gasteiger partial charge in [0.2, 0.25) is 5.91 Å². The average molecular weight is 221 g/mol. The first-order chi connectivity index (χ1) is 7.33. The summed E-state index contributed by atoms with van der Waals surface area (Å²) in [5.74, 6) is -0.239. The minimum absolute atomic E-state index is 0.0271. The van der Waals surface area contributed by atoms with Crippen LogP contribution in [-0.4, -0.2) is 5.91 Å². The van der Waals surface area contributed by atoms with Crippen LogP contribution in [0.1, 0.15) is 32.8 Å². The number of hydrogen-bond acceptors (Lipinski definition) is 1. The van der Waals surface area contributed by atoms with Crippen LogP contribution < -0.4 is 5.32 Å². The van der Waals surface area contributed by atoms with Crippen molar-refractivity contribution >= 4 is 5.91 Å². The number of hydrogen-bond donors (Lipinski definition) is 1. The summed E-state index contributed by atoms with van der Waals surface area (Å²) in [6.07, 6.45) is 0.683. The van der Waals surface area contributed by atoms with Crippen LogP contribution in [0.25, 0.3) is 0 Å². The maximum absolute atomic E-state index is 13.2. The van der Waals surface area contributed by atoms with Gasteiger partial charge in [0.1, 0.15) is 5.82 Å². The molecule has 86 valence electrons. The molecule has 1 heterocycles. The van der Waals surface area contributed by atoms with Gasteiger partial charge >= 0.3 is 0 Å². The van der Waals surface area contributed by atoms with Gasteiger partial charge in [-0.05, 0) is 31.0 Å². The summed E-state index contributed by atoms with van der Waals surface area (Å²) in [6, 6.07) is 6.43. The number of halogens is 1. The van der Waals surface area contributed by atoms with Crippen molar-refractivity contribution in [2.45, 2.75) is 32.7 Å². The fourth-order valence-electron chi connectivity index (χ4n) is 2.43. The summed E-state index contributed by atoms with van der Waals surface area (Å²) in [4.78, 5) is 11.8. The third kappa shape index (κ3) is 1.70. The molecule has 1 aliphatic heterocycles. The lowest BCUT2D eigenvalue weighted by molar-refractivity contribution is -0.126. The molecule has 3 heteroatoms. The van der Waals surface area contributed by atoms with Crippen molar-refractivity contribution in [2.75, 3.05) is 0 Å². The van der Waals surface area contributed by atoms with Crippen LogP contribution in [0.15, 0.2) is 24.3 Å². The quantitative estimate of drug-likeness (QED) is 0.776. The summed E-state index contributed by atoms with van der Waals surface area (Å²) in [5, 5.41) is 2.96. The zero-order chi connectivity index (χ0) is 12.0. The van der Waals surface area contributed by atoms with Gasteiger partial charge < -0.3 is 5.32 Å². The van der Waals surface area contributed by atoms with Crippen LogP contribution in [0.5, 0.6) is 0 Å². The van der Waals surface area contributed by atoms with E-state index in [0.717, 1.165) is 5.56 Å². The Balaban J connectivity index is 2.39. The van der Waals surface area contributed by atoms with Gasteiger partial charge in [-0.1, -0.05) is 26.0 Å². The van der Waals surface area contributed by atoms with Gasteiger partial charge in [-0.3, -0.25) is 4.79 Å². The molecular weight excluding hydrogens is 205 g/mol. The molecule has 16 heavy (non-hydrogen) atoms. The second-order valence-electron chi connectivity index (χ2n) is 5.36. The Kier molecular flexibility index (Phi) is 2.30. The Bertz CT molecular complexity index is 441. The van der Waals surface area contributed by atoms with Gasteiger partial charge in [0.05, 0.1) is 5.54 Å². The van der Waals surface area contributed by atoms with E-state index in [1.807, 2.05) is 26.8 Å². The van der Waals surface area contributed by atoms with E-state index in [1.165, 1.54) is 12.1 Å². The fraction of sp³-hybridized carbons (Fsp3) is 0.462. The van der Waals surface area contributed by atoms with E-state index < -0.39 is 5.54 Å². The van der Waals surface area contributed by atoms with E-state index in [9.17, 15) is 9.18 Å². The first-order valence-electron chi connectivity index (χ1n) is 5.42. The van der Waals surface area contributed by atoms with Crippen LogP contribution in [0.2, 0.25) is 0 Å². The number of benzene rings is 1. The third-order valence-corrected chi connectivity index (χ3v) is 3.26. The number of nitrogens with one attached hydrogen (secondary N) is 1. The predicted molar refractivity (Wildman–Crippen MR) is 60.3 cm³/mol. The largest absolute Gasteiger partial charge is 0.346 e. The van der Waals surface area contributed by atoms with Crippen molar-refractivity contribution in [3.63, 3.8) is 0 Å². The zero-order valence-corrected chi connectivity index (χ0v) is 9.80. The maximum atomic E-state index is 13.2. The normalized spacial score (nSPS) is 27.9. The number of rotatable bonds is 1. The molecule has 1 saturated heterocycles. The van der Waals surface area contributed by atoms with Gasteiger partial charge in [-0.2, -0.15) is 0 Å². The molecule has 1 unspecified atom stereocenters. The molecule has 0 saturated carbocycles. The monoisotopic (exact) mass is 221 g/mol. The molecule has 2 nitrogen and oxygen atoms in total. The Morgan fingerprint density at radius 1 is 1.31 bits per heavy atom. The van der Waals surface area contributed by atoms with E-state index in [4.69, 9.17) is 0 Å². The van der Waals surface area contributed by atoms with Gasteiger partial charge in [0, 0.05) is 5.41 Å². The van der Waals surface area contributed by atoms with Crippen molar-refractivity contribution in [3.05, 3.63) is 35.6 Å². The SMILES string of the molecule is CC1(C)CC(C)(c2cccc(F)c2)NC1=O. The number of carbonyl (C=O) groups is 1. The topological polar surface area (TPSA) is 29.1 Å². The molecule has 1 fully saturated rings. The number of carbonyl (C=O) groups excluding carboxylic acids is 1. The predicted octanol–water partition coefficient (Wildman–Crippen LogP) is 2.59. The summed E-state index contributed by atoms with van der Waals surface area (Å²) < 4.78 is 13.2. The van der Waals surface area contributed by atoms with Gasteiger partial charge in [-0.15, -0.1) is 0 Å². The van der Waals surface area contributed by atoms with Crippen molar-refractivity contribution in [3.8, 4) is 0 Å². The molecule has 1 aromatic rings. The Hall–Kier alpha value is -1.38. The molecule has 0 radical (unpaired) electrons. The van der Waals surface area contributed by atoms with Gasteiger partial charge in [-0.25, -0.2) is 4.39 Å². The van der Waals surface area contributed by atoms with Crippen LogP contribution in [0.4, 0.5) is 4.39 Å². The molecular formula is C13H16FNO. The summed E-state index contributed by atoms with van der Waals surface area (Å²) in [7, 11) is 0. The molecule has 0 spiro atoms. The fourth-order valence-corrected chi connectivity index (χ4v) is 2.43. The van der Waals surface area contributed by atoms with Crippen LogP contribution >= 0.6 is 0 Å². The third-order valence-electron chi connectivity index (χ3n) is 3.26. The second kappa shape index (κ2) is 3.30. The average Bonchev–Trinajstić information content (AvgIpc) is 2.37. The standard InChI is InChI=1S/C13H16FNO/c1-12(2)8-13(3,15-11(12)16)9-5-4-6-10(14)7-9/h4-7H,8H2,1-3H3,(H,15,16). The van der Waals surface area contributed by atoms with E-state index in [-0.39, 0.29) is 17.1 Å². The Labute approximate surface area is 94.9 Å². The first-order valence-corrected chi connectivity index (χ1v) is 5.42. The molecule has 0 bridgehead atoms. The van der Waals surface area contributed by atoms with Crippen molar-refractivity contribution < 1.29 is 9.18 Å². The highest BCUT2D eigenvalue weighted by Gasteiger charge is 2.46. The van der Waals surface area contributed by atoms with Gasteiger partial charge in [0.15, 0.2) is 0 Å². The van der Waals surface area contributed by atoms with E-state index in [0.29, 0.717) is 6.42 Å². The van der Waals surface area contributed by atoms with Crippen LogP contribution in [0.3, 0.4) is 0 Å². The van der Waals surface area contributed by atoms with E-state index >= 15 is 0 Å². The van der Waals surface area contributed by atoms with Crippen molar-refractivity contribution in [2.24, 2.45) is 5.41 Å². The molecule has 1 aromatic carbocycles. The van der Waals surface area contributed by atoms with Crippen LogP contribution in [0, 0.1) is 11.2 Å². The minimum Gasteiger partial charge on any atom is -0.346 e. The lowest BCUT2D eigenvalue weighted by atomic mass is 9.81. The summed E-state index contributed by atoms with van der Waals surface area (Å²) in [5.41, 5.74) is -0.0181. The highest BCUT2D eigenvalue weighted by molar-refractivity contribution is 5.85. The van der Waals surface area contributed by atoms with Gasteiger partial charge in [0.25, 0.3) is 0 Å². The minimum atomic E-state index is -0.456. The Morgan fingerprint density at radius 2 is 2.00 bits per heavy atom. The smallest absolute Gasteiger partial charge is 0.226 e. The van der Waals surface area contributed by atoms with E-state index in [1.54, 1.807) is 6.07 Å². The highest BCUT2D eigenvalue weighted by atomic mass is 19.1. The molecule has 0 aromatic heterocycles. The lowest BCUT2D eigenvalue weighted by Gasteiger charge is -2.25. The lowest BCUT2D eigenvalue weighted by Crippen LogP contribution is -2.36. The Morgan fingerprint density at radius 3 is 2.50 bits per heavy atom. The molecule has 2 rings (SSSR count). The van der Waals surface area contributed by atoms with Crippen LogP contribution in [-0.2, 0) is 10.3 Å². The number of amides is 1. The molecule has 0 aliphatic carbocycles. The molecule has 1 atom stereocenters. The molecule has 1 amide bonds. The summed E-state index contributed by atoms with van der Waals surface area (Å²) in [6.45, 7) is 5.76.